The third-order valence-electron chi connectivity index (χ3n) is 6.16. The van der Waals surface area contributed by atoms with Crippen molar-refractivity contribution in [3.8, 4) is 0 Å². The number of rotatable bonds is 11. The van der Waals surface area contributed by atoms with Gasteiger partial charge in [-0.3, -0.25) is 13.9 Å². The summed E-state index contributed by atoms with van der Waals surface area (Å²) in [7, 11) is -3.89. The van der Waals surface area contributed by atoms with Gasteiger partial charge in [0.25, 0.3) is 0 Å². The zero-order valence-corrected chi connectivity index (χ0v) is 25.8. The van der Waals surface area contributed by atoms with Gasteiger partial charge >= 0.3 is 0 Å². The maximum absolute atomic E-state index is 14.1. The minimum atomic E-state index is -3.89. The summed E-state index contributed by atoms with van der Waals surface area (Å²) in [5, 5.41) is 4.09. The summed E-state index contributed by atoms with van der Waals surface area (Å²) < 4.78 is 26.9. The number of hydrogen-bond acceptors (Lipinski definition) is 4. The number of amides is 2. The largest absolute Gasteiger partial charge is 0.352 e. The van der Waals surface area contributed by atoms with Crippen LogP contribution in [0.2, 0.25) is 15.1 Å². The molecular formula is C29H32Cl3N3O4S. The molecule has 3 rings (SSSR count). The summed E-state index contributed by atoms with van der Waals surface area (Å²) in [5.74, 6) is -0.948. The molecule has 0 aliphatic carbocycles. The lowest BCUT2D eigenvalue weighted by atomic mass is 10.0. The summed E-state index contributed by atoms with van der Waals surface area (Å²) in [6.07, 6.45) is 1.23. The Bertz CT molecular complexity index is 1470. The monoisotopic (exact) mass is 623 g/mol. The van der Waals surface area contributed by atoms with Gasteiger partial charge in [0.1, 0.15) is 12.6 Å². The lowest BCUT2D eigenvalue weighted by Gasteiger charge is -2.34. The number of carbonyl (C=O) groups excluding carboxylic acids is 2. The van der Waals surface area contributed by atoms with Gasteiger partial charge in [0.2, 0.25) is 21.8 Å². The van der Waals surface area contributed by atoms with Crippen LogP contribution in [0, 0.1) is 6.92 Å². The Kier molecular flexibility index (Phi) is 10.9. The SMILES string of the molecule is Cc1cc(Cl)ccc1N(CC(=O)N(Cc1ccc(Cl)cc1Cl)[C@H](Cc1ccccc1)C(=O)NC(C)C)S(C)(=O)=O. The number of anilines is 1. The Morgan fingerprint density at radius 1 is 0.925 bits per heavy atom. The van der Waals surface area contributed by atoms with E-state index in [9.17, 15) is 18.0 Å². The molecule has 0 bridgehead atoms. The molecule has 3 aromatic rings. The van der Waals surface area contributed by atoms with Gasteiger partial charge in [0.05, 0.1) is 11.9 Å². The molecule has 0 fully saturated rings. The zero-order chi connectivity index (χ0) is 29.6. The highest BCUT2D eigenvalue weighted by molar-refractivity contribution is 7.92. The van der Waals surface area contributed by atoms with Gasteiger partial charge in [-0.15, -0.1) is 0 Å². The number of benzene rings is 3. The van der Waals surface area contributed by atoms with E-state index in [4.69, 9.17) is 34.8 Å². The Morgan fingerprint density at radius 3 is 2.12 bits per heavy atom. The van der Waals surface area contributed by atoms with Crippen LogP contribution >= 0.6 is 34.8 Å². The van der Waals surface area contributed by atoms with Crippen LogP contribution in [0.3, 0.4) is 0 Å². The molecule has 0 aromatic heterocycles. The van der Waals surface area contributed by atoms with Gasteiger partial charge in [-0.05, 0) is 67.8 Å². The average molecular weight is 625 g/mol. The maximum atomic E-state index is 14.1. The molecule has 0 heterocycles. The topological polar surface area (TPSA) is 86.8 Å². The molecule has 11 heteroatoms. The molecule has 1 N–H and O–H groups in total. The van der Waals surface area contributed by atoms with Crippen molar-refractivity contribution in [1.29, 1.82) is 0 Å². The minimum Gasteiger partial charge on any atom is -0.352 e. The molecule has 0 radical (unpaired) electrons. The Hall–Kier alpha value is -2.78. The number of sulfonamides is 1. The van der Waals surface area contributed by atoms with Crippen molar-refractivity contribution in [2.75, 3.05) is 17.1 Å². The molecule has 0 unspecified atom stereocenters. The van der Waals surface area contributed by atoms with Gasteiger partial charge in [0, 0.05) is 34.1 Å². The second-order valence-corrected chi connectivity index (χ2v) is 13.0. The number of nitrogens with zero attached hydrogens (tertiary/aromatic N) is 2. The Morgan fingerprint density at radius 2 is 1.55 bits per heavy atom. The van der Waals surface area contributed by atoms with E-state index in [-0.39, 0.29) is 24.9 Å². The number of aryl methyl sites for hydroxylation is 1. The summed E-state index contributed by atoms with van der Waals surface area (Å²) in [5.41, 5.74) is 2.29. The molecular weight excluding hydrogens is 593 g/mol. The first-order chi connectivity index (χ1) is 18.8. The van der Waals surface area contributed by atoms with E-state index >= 15 is 0 Å². The molecule has 1 atom stereocenters. The van der Waals surface area contributed by atoms with E-state index in [0.29, 0.717) is 31.9 Å². The van der Waals surface area contributed by atoms with E-state index in [2.05, 4.69) is 5.32 Å². The van der Waals surface area contributed by atoms with Crippen molar-refractivity contribution < 1.29 is 18.0 Å². The van der Waals surface area contributed by atoms with E-state index < -0.39 is 28.5 Å². The third-order valence-corrected chi connectivity index (χ3v) is 8.11. The van der Waals surface area contributed by atoms with Crippen LogP contribution in [0.25, 0.3) is 0 Å². The van der Waals surface area contributed by atoms with Crippen LogP contribution in [0.5, 0.6) is 0 Å². The van der Waals surface area contributed by atoms with Crippen molar-refractivity contribution in [2.45, 2.75) is 45.8 Å². The predicted octanol–water partition coefficient (Wildman–Crippen LogP) is 5.89. The predicted molar refractivity (Wildman–Crippen MR) is 163 cm³/mol. The molecule has 214 valence electrons. The molecule has 0 spiro atoms. The first-order valence-corrected chi connectivity index (χ1v) is 15.6. The minimum absolute atomic E-state index is 0.0466. The number of halogens is 3. The van der Waals surface area contributed by atoms with Crippen molar-refractivity contribution >= 4 is 62.3 Å². The molecule has 3 aromatic carbocycles. The Balaban J connectivity index is 2.10. The van der Waals surface area contributed by atoms with Crippen molar-refractivity contribution in [3.05, 3.63) is 98.5 Å². The fraction of sp³-hybridized carbons (Fsp3) is 0.310. The molecule has 2 amide bonds. The van der Waals surface area contributed by atoms with E-state index in [1.54, 1.807) is 43.3 Å². The quantitative estimate of drug-likeness (QED) is 0.289. The average Bonchev–Trinajstić information content (AvgIpc) is 2.85. The first kappa shape index (κ1) is 31.7. The summed E-state index contributed by atoms with van der Waals surface area (Å²) in [4.78, 5) is 29.1. The molecule has 7 nitrogen and oxygen atoms in total. The van der Waals surface area contributed by atoms with Gasteiger partial charge < -0.3 is 10.2 Å². The highest BCUT2D eigenvalue weighted by Gasteiger charge is 2.34. The van der Waals surface area contributed by atoms with Crippen molar-refractivity contribution in [3.63, 3.8) is 0 Å². The van der Waals surface area contributed by atoms with Crippen molar-refractivity contribution in [1.82, 2.24) is 10.2 Å². The highest BCUT2D eigenvalue weighted by Crippen LogP contribution is 2.28. The lowest BCUT2D eigenvalue weighted by molar-refractivity contribution is -0.140. The van der Waals surface area contributed by atoms with Crippen LogP contribution in [-0.4, -0.2) is 50.0 Å². The van der Waals surface area contributed by atoms with E-state index in [0.717, 1.165) is 16.1 Å². The van der Waals surface area contributed by atoms with Crippen LogP contribution < -0.4 is 9.62 Å². The maximum Gasteiger partial charge on any atom is 0.244 e. The van der Waals surface area contributed by atoms with Crippen LogP contribution in [-0.2, 0) is 32.6 Å². The molecule has 0 saturated carbocycles. The van der Waals surface area contributed by atoms with Gasteiger partial charge in [-0.25, -0.2) is 8.42 Å². The van der Waals surface area contributed by atoms with Gasteiger partial charge in [-0.1, -0.05) is 71.2 Å². The number of carbonyl (C=O) groups is 2. The van der Waals surface area contributed by atoms with Crippen LogP contribution in [0.4, 0.5) is 5.69 Å². The lowest BCUT2D eigenvalue weighted by Crippen LogP contribution is -2.54. The fourth-order valence-corrected chi connectivity index (χ4v) is 5.86. The number of hydrogen-bond donors (Lipinski definition) is 1. The third kappa shape index (κ3) is 8.61. The molecule has 0 aliphatic rings. The molecule has 40 heavy (non-hydrogen) atoms. The zero-order valence-electron chi connectivity index (χ0n) is 22.7. The highest BCUT2D eigenvalue weighted by atomic mass is 35.5. The fourth-order valence-electron chi connectivity index (χ4n) is 4.26. The van der Waals surface area contributed by atoms with Gasteiger partial charge in [-0.2, -0.15) is 0 Å². The number of nitrogens with one attached hydrogen (secondary N) is 1. The molecule has 0 saturated heterocycles. The summed E-state index contributed by atoms with van der Waals surface area (Å²) in [6.45, 7) is 4.79. The van der Waals surface area contributed by atoms with E-state index in [1.807, 2.05) is 44.2 Å². The van der Waals surface area contributed by atoms with Crippen LogP contribution in [0.1, 0.15) is 30.5 Å². The second-order valence-electron chi connectivity index (χ2n) is 9.83. The van der Waals surface area contributed by atoms with Crippen LogP contribution in [0.15, 0.2) is 66.7 Å². The second kappa shape index (κ2) is 13.7. The van der Waals surface area contributed by atoms with E-state index in [1.165, 1.54) is 4.90 Å². The van der Waals surface area contributed by atoms with Crippen molar-refractivity contribution in [2.24, 2.45) is 0 Å². The molecule has 0 aliphatic heterocycles. The normalized spacial score (nSPS) is 12.2. The smallest absolute Gasteiger partial charge is 0.244 e. The summed E-state index contributed by atoms with van der Waals surface area (Å²) in [6, 6.07) is 17.8. The Labute approximate surface area is 251 Å². The first-order valence-electron chi connectivity index (χ1n) is 12.6. The van der Waals surface area contributed by atoms with Gasteiger partial charge in [0.15, 0.2) is 0 Å². The summed E-state index contributed by atoms with van der Waals surface area (Å²) >= 11 is 18.7. The standard InChI is InChI=1S/C29H32Cl3N3O4S/c1-19(2)33-29(37)27(15-21-8-6-5-7-9-21)34(17-22-10-11-24(31)16-25(22)32)28(36)18-35(40(4,38)39)26-13-12-23(30)14-20(26)3/h5-14,16,19,27H,15,17-18H2,1-4H3,(H,33,37)/t27-/m1/s1.